The molecule has 2 unspecified atom stereocenters. The van der Waals surface area contributed by atoms with Gasteiger partial charge in [0, 0.05) is 18.7 Å². The molecule has 0 bridgehead atoms. The van der Waals surface area contributed by atoms with E-state index in [1.165, 1.54) is 0 Å². The van der Waals surface area contributed by atoms with Crippen LogP contribution in [0.25, 0.3) is 11.5 Å². The molecule has 0 amide bonds. The van der Waals surface area contributed by atoms with Crippen molar-refractivity contribution in [3.8, 4) is 11.5 Å². The maximum Gasteiger partial charge on any atom is 0.247 e. The summed E-state index contributed by atoms with van der Waals surface area (Å²) in [6, 6.07) is 10.0. The summed E-state index contributed by atoms with van der Waals surface area (Å²) >= 11 is 0. The Kier molecular flexibility index (Phi) is 3.57. The maximum absolute atomic E-state index is 5.95. The first kappa shape index (κ1) is 14.7. The lowest BCUT2D eigenvalue weighted by molar-refractivity contribution is -0.0679. The summed E-state index contributed by atoms with van der Waals surface area (Å²) in [5.41, 5.74) is 1.97. The average molecular weight is 338 g/mol. The van der Waals surface area contributed by atoms with Crippen molar-refractivity contribution in [3.05, 3.63) is 48.1 Å². The molecule has 3 aromatic rings. The third-order valence-corrected chi connectivity index (χ3v) is 4.86. The number of hydrogen-bond donors (Lipinski definition) is 0. The maximum atomic E-state index is 5.95. The van der Waals surface area contributed by atoms with Crippen LogP contribution in [0.4, 0.5) is 0 Å². The van der Waals surface area contributed by atoms with Gasteiger partial charge in [0.15, 0.2) is 0 Å². The van der Waals surface area contributed by atoms with E-state index in [1.54, 1.807) is 6.20 Å². The standard InChI is InChI=1S/C17H18N6O2/c1-2-4-12(5-3-1)17-20-19-16(25-17)10-22-7-6-15-14(9-22)23-13(11-24-15)8-18-21-23/h1-5,8,14-15H,6-7,9-11H2. The summed E-state index contributed by atoms with van der Waals surface area (Å²) in [5, 5.41) is 16.6. The Labute approximate surface area is 144 Å². The Balaban J connectivity index is 1.31. The Morgan fingerprint density at radius 3 is 3.00 bits per heavy atom. The van der Waals surface area contributed by atoms with Crippen LogP contribution < -0.4 is 0 Å². The fourth-order valence-corrected chi connectivity index (χ4v) is 3.59. The first-order valence-electron chi connectivity index (χ1n) is 8.47. The van der Waals surface area contributed by atoms with E-state index in [4.69, 9.17) is 9.15 Å². The molecule has 4 heterocycles. The van der Waals surface area contributed by atoms with Gasteiger partial charge in [-0.15, -0.1) is 15.3 Å². The molecule has 8 heteroatoms. The highest BCUT2D eigenvalue weighted by atomic mass is 16.5. The zero-order valence-electron chi connectivity index (χ0n) is 13.7. The van der Waals surface area contributed by atoms with E-state index in [9.17, 15) is 0 Å². The average Bonchev–Trinajstić information content (AvgIpc) is 3.32. The second-order valence-electron chi connectivity index (χ2n) is 6.48. The monoisotopic (exact) mass is 338 g/mol. The van der Waals surface area contributed by atoms with Gasteiger partial charge in [-0.05, 0) is 18.6 Å². The van der Waals surface area contributed by atoms with Crippen molar-refractivity contribution < 1.29 is 9.15 Å². The Bertz CT molecular complexity index is 861. The van der Waals surface area contributed by atoms with E-state index in [0.717, 1.165) is 30.8 Å². The smallest absolute Gasteiger partial charge is 0.247 e. The van der Waals surface area contributed by atoms with E-state index in [2.05, 4.69) is 25.4 Å². The minimum absolute atomic E-state index is 0.191. The summed E-state index contributed by atoms with van der Waals surface area (Å²) in [6.45, 7) is 3.00. The van der Waals surface area contributed by atoms with Crippen molar-refractivity contribution in [2.75, 3.05) is 13.1 Å². The summed E-state index contributed by atoms with van der Waals surface area (Å²) in [6.07, 6.45) is 2.94. The van der Waals surface area contributed by atoms with Gasteiger partial charge in [0.25, 0.3) is 0 Å². The van der Waals surface area contributed by atoms with Gasteiger partial charge >= 0.3 is 0 Å². The van der Waals surface area contributed by atoms with Crippen molar-refractivity contribution >= 4 is 0 Å². The summed E-state index contributed by atoms with van der Waals surface area (Å²) in [7, 11) is 0. The minimum atomic E-state index is 0.191. The number of nitrogens with zero attached hydrogens (tertiary/aromatic N) is 6. The van der Waals surface area contributed by atoms with Gasteiger partial charge in [0.05, 0.1) is 37.2 Å². The van der Waals surface area contributed by atoms with Crippen molar-refractivity contribution in [1.29, 1.82) is 0 Å². The molecular weight excluding hydrogens is 320 g/mol. The van der Waals surface area contributed by atoms with Gasteiger partial charge in [0.2, 0.25) is 11.8 Å². The van der Waals surface area contributed by atoms with E-state index >= 15 is 0 Å². The number of piperidine rings is 1. The molecular formula is C17H18N6O2. The fourth-order valence-electron chi connectivity index (χ4n) is 3.59. The lowest BCUT2D eigenvalue weighted by atomic mass is 10.0. The third kappa shape index (κ3) is 2.73. The predicted molar refractivity (Wildman–Crippen MR) is 87.3 cm³/mol. The molecule has 1 saturated heterocycles. The van der Waals surface area contributed by atoms with Crippen LogP contribution in [0.5, 0.6) is 0 Å². The lowest BCUT2D eigenvalue weighted by Crippen LogP contribution is -2.47. The number of benzene rings is 1. The molecule has 1 fully saturated rings. The van der Waals surface area contributed by atoms with Gasteiger partial charge in [-0.2, -0.15) is 0 Å². The molecule has 2 aliphatic rings. The van der Waals surface area contributed by atoms with Crippen LogP contribution in [0.3, 0.4) is 0 Å². The van der Waals surface area contributed by atoms with Gasteiger partial charge < -0.3 is 9.15 Å². The van der Waals surface area contributed by atoms with E-state index in [0.29, 0.717) is 24.9 Å². The van der Waals surface area contributed by atoms with Crippen LogP contribution in [0.1, 0.15) is 24.0 Å². The van der Waals surface area contributed by atoms with Crippen LogP contribution >= 0.6 is 0 Å². The fraction of sp³-hybridized carbons (Fsp3) is 0.412. The number of likely N-dealkylation sites (tertiary alicyclic amines) is 1. The summed E-state index contributed by atoms with van der Waals surface area (Å²) in [4.78, 5) is 2.31. The van der Waals surface area contributed by atoms with Crippen LogP contribution in [-0.4, -0.2) is 49.3 Å². The van der Waals surface area contributed by atoms with Crippen molar-refractivity contribution in [1.82, 2.24) is 30.1 Å². The highest BCUT2D eigenvalue weighted by Gasteiger charge is 2.36. The first-order chi connectivity index (χ1) is 12.4. The summed E-state index contributed by atoms with van der Waals surface area (Å²) in [5.74, 6) is 1.19. The molecule has 2 aromatic heterocycles. The zero-order valence-corrected chi connectivity index (χ0v) is 13.7. The Morgan fingerprint density at radius 1 is 1.16 bits per heavy atom. The largest absolute Gasteiger partial charge is 0.419 e. The zero-order chi connectivity index (χ0) is 16.6. The molecule has 1 aromatic carbocycles. The minimum Gasteiger partial charge on any atom is -0.419 e. The van der Waals surface area contributed by atoms with Crippen molar-refractivity contribution in [2.45, 2.75) is 31.7 Å². The highest BCUT2D eigenvalue weighted by Crippen LogP contribution is 2.30. The molecule has 5 rings (SSSR count). The van der Waals surface area contributed by atoms with E-state index in [1.807, 2.05) is 35.0 Å². The van der Waals surface area contributed by atoms with Gasteiger partial charge in [-0.25, -0.2) is 4.68 Å². The molecule has 0 radical (unpaired) electrons. The normalized spacial score (nSPS) is 23.2. The number of hydrogen-bond acceptors (Lipinski definition) is 7. The van der Waals surface area contributed by atoms with Crippen LogP contribution in [-0.2, 0) is 17.9 Å². The number of aromatic nitrogens is 5. The Hall–Kier alpha value is -2.58. The Morgan fingerprint density at radius 2 is 2.08 bits per heavy atom. The van der Waals surface area contributed by atoms with Gasteiger partial charge in [-0.1, -0.05) is 23.4 Å². The first-order valence-corrected chi connectivity index (χ1v) is 8.47. The molecule has 25 heavy (non-hydrogen) atoms. The van der Waals surface area contributed by atoms with E-state index < -0.39 is 0 Å². The predicted octanol–water partition coefficient (Wildman–Crippen LogP) is 1.67. The number of rotatable bonds is 3. The summed E-state index contributed by atoms with van der Waals surface area (Å²) < 4.78 is 13.8. The van der Waals surface area contributed by atoms with E-state index in [-0.39, 0.29) is 12.1 Å². The molecule has 8 nitrogen and oxygen atoms in total. The SMILES string of the molecule is c1ccc(-c2nnc(CN3CCC4OCc5cnnn5C4C3)o2)cc1. The molecule has 0 saturated carbocycles. The molecule has 0 N–H and O–H groups in total. The quantitative estimate of drug-likeness (QED) is 0.718. The van der Waals surface area contributed by atoms with Crippen LogP contribution in [0.2, 0.25) is 0 Å². The second kappa shape index (κ2) is 6.05. The lowest BCUT2D eigenvalue weighted by Gasteiger charge is -2.40. The van der Waals surface area contributed by atoms with Gasteiger partial charge in [-0.3, -0.25) is 4.90 Å². The number of ether oxygens (including phenoxy) is 1. The van der Waals surface area contributed by atoms with Crippen LogP contribution in [0.15, 0.2) is 40.9 Å². The second-order valence-corrected chi connectivity index (χ2v) is 6.48. The van der Waals surface area contributed by atoms with Gasteiger partial charge in [0.1, 0.15) is 0 Å². The number of fused-ring (bicyclic) bond motifs is 3. The topological polar surface area (TPSA) is 82.1 Å². The van der Waals surface area contributed by atoms with Crippen molar-refractivity contribution in [3.63, 3.8) is 0 Å². The highest BCUT2D eigenvalue weighted by molar-refractivity contribution is 5.51. The molecule has 0 spiro atoms. The molecule has 0 aliphatic carbocycles. The third-order valence-electron chi connectivity index (χ3n) is 4.86. The van der Waals surface area contributed by atoms with Crippen LogP contribution in [0, 0.1) is 0 Å². The van der Waals surface area contributed by atoms with Crippen molar-refractivity contribution in [2.24, 2.45) is 0 Å². The molecule has 2 aliphatic heterocycles. The molecule has 128 valence electrons. The molecule has 2 atom stereocenters.